The van der Waals surface area contributed by atoms with Gasteiger partial charge in [0.05, 0.1) is 11.6 Å². The van der Waals surface area contributed by atoms with E-state index in [1.165, 1.54) is 5.56 Å². The van der Waals surface area contributed by atoms with Gasteiger partial charge in [-0.1, -0.05) is 60.1 Å². The number of rotatable bonds is 9. The molecule has 0 fully saturated rings. The maximum atomic E-state index is 12.3. The summed E-state index contributed by atoms with van der Waals surface area (Å²) in [6.45, 7) is 2.94. The van der Waals surface area contributed by atoms with Gasteiger partial charge >= 0.3 is 0 Å². The van der Waals surface area contributed by atoms with Crippen LogP contribution >= 0.6 is 11.6 Å². The SMILES string of the molecule is CCc1ccc(-c2noc(CCC(=O)N(C)CCOc3ccccc3Cl)n2)cc1. The highest BCUT2D eigenvalue weighted by atomic mass is 35.5. The first kappa shape index (κ1) is 20.9. The van der Waals surface area contributed by atoms with Crippen molar-refractivity contribution >= 4 is 17.5 Å². The summed E-state index contributed by atoms with van der Waals surface area (Å²) in [5.41, 5.74) is 2.15. The number of halogens is 1. The van der Waals surface area contributed by atoms with Crippen LogP contribution in [0, 0.1) is 0 Å². The third-order valence-electron chi connectivity index (χ3n) is 4.59. The standard InChI is InChI=1S/C22H24ClN3O3/c1-3-16-8-10-17(11-9-16)22-24-20(29-25-22)12-13-21(27)26(2)14-15-28-19-7-5-4-6-18(19)23/h4-11H,3,12-15H2,1-2H3. The number of carbonyl (C=O) groups is 1. The number of amides is 1. The minimum atomic E-state index is -0.0141. The van der Waals surface area contributed by atoms with Crippen molar-refractivity contribution in [3.05, 3.63) is 65.0 Å². The number of nitrogens with zero attached hydrogens (tertiary/aromatic N) is 3. The monoisotopic (exact) mass is 413 g/mol. The van der Waals surface area contributed by atoms with Crippen LogP contribution < -0.4 is 4.74 Å². The largest absolute Gasteiger partial charge is 0.490 e. The van der Waals surface area contributed by atoms with Crippen molar-refractivity contribution in [2.75, 3.05) is 20.2 Å². The van der Waals surface area contributed by atoms with Gasteiger partial charge in [0.15, 0.2) is 0 Å². The molecule has 2 aromatic carbocycles. The highest BCUT2D eigenvalue weighted by Gasteiger charge is 2.13. The number of aromatic nitrogens is 2. The van der Waals surface area contributed by atoms with Crippen molar-refractivity contribution in [3.63, 3.8) is 0 Å². The number of likely N-dealkylation sites (N-methyl/N-ethyl adjacent to an activating group) is 1. The normalized spacial score (nSPS) is 10.7. The van der Waals surface area contributed by atoms with Crippen molar-refractivity contribution in [2.45, 2.75) is 26.2 Å². The van der Waals surface area contributed by atoms with Gasteiger partial charge < -0.3 is 14.2 Å². The third kappa shape index (κ3) is 5.81. The maximum absolute atomic E-state index is 12.3. The Morgan fingerprint density at radius 1 is 1.17 bits per heavy atom. The molecule has 0 atom stereocenters. The zero-order valence-electron chi connectivity index (χ0n) is 16.6. The lowest BCUT2D eigenvalue weighted by Crippen LogP contribution is -2.31. The fraction of sp³-hybridized carbons (Fsp3) is 0.318. The van der Waals surface area contributed by atoms with Crippen LogP contribution in [-0.4, -0.2) is 41.1 Å². The second-order valence-electron chi connectivity index (χ2n) is 6.66. The first-order valence-electron chi connectivity index (χ1n) is 9.60. The van der Waals surface area contributed by atoms with Gasteiger partial charge in [0.2, 0.25) is 17.6 Å². The van der Waals surface area contributed by atoms with E-state index >= 15 is 0 Å². The molecule has 6 nitrogen and oxygen atoms in total. The van der Waals surface area contributed by atoms with Crippen molar-refractivity contribution < 1.29 is 14.1 Å². The van der Waals surface area contributed by atoms with Gasteiger partial charge in [0.25, 0.3) is 0 Å². The Kier molecular flexibility index (Phi) is 7.25. The first-order chi connectivity index (χ1) is 14.1. The Balaban J connectivity index is 1.45. The Bertz CT molecular complexity index is 940. The lowest BCUT2D eigenvalue weighted by Gasteiger charge is -2.17. The molecule has 0 spiro atoms. The predicted octanol–water partition coefficient (Wildman–Crippen LogP) is 4.42. The molecule has 0 bridgehead atoms. The van der Waals surface area contributed by atoms with E-state index in [0.29, 0.717) is 48.5 Å². The summed E-state index contributed by atoms with van der Waals surface area (Å²) in [7, 11) is 1.74. The summed E-state index contributed by atoms with van der Waals surface area (Å²) in [4.78, 5) is 18.3. The van der Waals surface area contributed by atoms with E-state index < -0.39 is 0 Å². The number of hydrogen-bond donors (Lipinski definition) is 0. The molecule has 1 heterocycles. The molecule has 1 aromatic heterocycles. The molecule has 0 aliphatic heterocycles. The Labute approximate surface area is 175 Å². The van der Waals surface area contributed by atoms with Crippen molar-refractivity contribution in [2.24, 2.45) is 0 Å². The zero-order valence-corrected chi connectivity index (χ0v) is 17.4. The van der Waals surface area contributed by atoms with E-state index in [9.17, 15) is 4.79 Å². The van der Waals surface area contributed by atoms with Crippen LogP contribution in [0.2, 0.25) is 5.02 Å². The smallest absolute Gasteiger partial charge is 0.227 e. The topological polar surface area (TPSA) is 68.5 Å². The van der Waals surface area contributed by atoms with E-state index in [0.717, 1.165) is 12.0 Å². The highest BCUT2D eigenvalue weighted by Crippen LogP contribution is 2.23. The van der Waals surface area contributed by atoms with Crippen molar-refractivity contribution in [1.82, 2.24) is 15.0 Å². The number of benzene rings is 2. The Morgan fingerprint density at radius 3 is 2.66 bits per heavy atom. The molecular weight excluding hydrogens is 390 g/mol. The molecule has 1 amide bonds. The summed E-state index contributed by atoms with van der Waals surface area (Å²) in [5, 5.41) is 4.57. The van der Waals surface area contributed by atoms with Crippen LogP contribution in [-0.2, 0) is 17.6 Å². The van der Waals surface area contributed by atoms with Crippen LogP contribution in [0.5, 0.6) is 5.75 Å². The molecule has 152 valence electrons. The number of para-hydroxylation sites is 1. The molecule has 0 saturated heterocycles. The maximum Gasteiger partial charge on any atom is 0.227 e. The minimum Gasteiger partial charge on any atom is -0.490 e. The molecule has 29 heavy (non-hydrogen) atoms. The summed E-state index contributed by atoms with van der Waals surface area (Å²) >= 11 is 6.05. The van der Waals surface area contributed by atoms with Crippen LogP contribution in [0.15, 0.2) is 53.1 Å². The Hall–Kier alpha value is -2.86. The van der Waals surface area contributed by atoms with Gasteiger partial charge in [0.1, 0.15) is 12.4 Å². The van der Waals surface area contributed by atoms with Crippen molar-refractivity contribution in [3.8, 4) is 17.1 Å². The first-order valence-corrected chi connectivity index (χ1v) is 9.97. The summed E-state index contributed by atoms with van der Waals surface area (Å²) in [6, 6.07) is 15.3. The van der Waals surface area contributed by atoms with Gasteiger partial charge in [-0.3, -0.25) is 4.79 Å². The minimum absolute atomic E-state index is 0.0141. The molecular formula is C22H24ClN3O3. The Morgan fingerprint density at radius 2 is 1.93 bits per heavy atom. The average Bonchev–Trinajstić information content (AvgIpc) is 3.22. The van der Waals surface area contributed by atoms with E-state index in [2.05, 4.69) is 29.2 Å². The molecule has 3 aromatic rings. The molecule has 3 rings (SSSR count). The second-order valence-corrected chi connectivity index (χ2v) is 7.06. The summed E-state index contributed by atoms with van der Waals surface area (Å²) in [5.74, 6) is 1.59. The summed E-state index contributed by atoms with van der Waals surface area (Å²) < 4.78 is 10.9. The number of carbonyl (C=O) groups excluding carboxylic acids is 1. The average molecular weight is 414 g/mol. The molecule has 0 N–H and O–H groups in total. The molecule has 0 aliphatic carbocycles. The van der Waals surface area contributed by atoms with Gasteiger partial charge in [-0.25, -0.2) is 0 Å². The van der Waals surface area contributed by atoms with Crippen LogP contribution in [0.3, 0.4) is 0 Å². The van der Waals surface area contributed by atoms with Crippen LogP contribution in [0.25, 0.3) is 11.4 Å². The van der Waals surface area contributed by atoms with Gasteiger partial charge in [0, 0.05) is 25.5 Å². The fourth-order valence-corrected chi connectivity index (χ4v) is 2.94. The van der Waals surface area contributed by atoms with Gasteiger partial charge in [-0.15, -0.1) is 0 Å². The molecule has 7 heteroatoms. The highest BCUT2D eigenvalue weighted by molar-refractivity contribution is 6.32. The van der Waals surface area contributed by atoms with E-state index in [1.54, 1.807) is 24.1 Å². The predicted molar refractivity (Wildman–Crippen MR) is 112 cm³/mol. The summed E-state index contributed by atoms with van der Waals surface area (Å²) in [6.07, 6.45) is 1.67. The number of hydrogen-bond acceptors (Lipinski definition) is 5. The van der Waals surface area contributed by atoms with E-state index in [4.69, 9.17) is 20.9 Å². The molecule has 0 aliphatic rings. The molecule has 0 unspecified atom stereocenters. The number of aryl methyl sites for hydroxylation is 2. The van der Waals surface area contributed by atoms with Crippen LogP contribution in [0.1, 0.15) is 24.8 Å². The van der Waals surface area contributed by atoms with E-state index in [1.807, 2.05) is 24.3 Å². The van der Waals surface area contributed by atoms with E-state index in [-0.39, 0.29) is 5.91 Å². The van der Waals surface area contributed by atoms with Crippen molar-refractivity contribution in [1.29, 1.82) is 0 Å². The lowest BCUT2D eigenvalue weighted by molar-refractivity contribution is -0.130. The fourth-order valence-electron chi connectivity index (χ4n) is 2.75. The lowest BCUT2D eigenvalue weighted by atomic mass is 10.1. The molecule has 0 saturated carbocycles. The quantitative estimate of drug-likeness (QED) is 0.519. The van der Waals surface area contributed by atoms with Gasteiger partial charge in [-0.2, -0.15) is 4.98 Å². The second kappa shape index (κ2) is 10.1. The van der Waals surface area contributed by atoms with Gasteiger partial charge in [-0.05, 0) is 24.1 Å². The third-order valence-corrected chi connectivity index (χ3v) is 4.90. The van der Waals surface area contributed by atoms with Crippen LogP contribution in [0.4, 0.5) is 0 Å². The zero-order chi connectivity index (χ0) is 20.6. The molecule has 0 radical (unpaired) electrons. The number of ether oxygens (including phenoxy) is 1.